The highest BCUT2D eigenvalue weighted by molar-refractivity contribution is 14.0. The summed E-state index contributed by atoms with van der Waals surface area (Å²) < 4.78 is 15.4. The van der Waals surface area contributed by atoms with Crippen LogP contribution < -0.4 is 20.5 Å². The third-order valence-corrected chi connectivity index (χ3v) is 2.83. The van der Waals surface area contributed by atoms with E-state index in [0.29, 0.717) is 42.1 Å². The molecule has 0 bridgehead atoms. The molecule has 23 heavy (non-hydrogen) atoms. The van der Waals surface area contributed by atoms with Crippen molar-refractivity contribution in [3.63, 3.8) is 0 Å². The Kier molecular flexibility index (Phi) is 7.59. The molecule has 0 aliphatic rings. The largest absolute Gasteiger partial charge is 0.493 e. The van der Waals surface area contributed by atoms with Gasteiger partial charge >= 0.3 is 0 Å². The summed E-state index contributed by atoms with van der Waals surface area (Å²) in [4.78, 5) is 8.30. The molecule has 0 unspecified atom stereocenters. The first kappa shape index (κ1) is 19.0. The van der Waals surface area contributed by atoms with Crippen LogP contribution in [0.25, 0.3) is 0 Å². The molecule has 0 amide bonds. The van der Waals surface area contributed by atoms with Gasteiger partial charge in [-0.2, -0.15) is 4.98 Å². The number of anilines is 1. The molecule has 0 aliphatic heterocycles. The molecule has 8 nitrogen and oxygen atoms in total. The van der Waals surface area contributed by atoms with Gasteiger partial charge in [-0.3, -0.25) is 4.99 Å². The van der Waals surface area contributed by atoms with Crippen LogP contribution in [-0.2, 0) is 6.42 Å². The van der Waals surface area contributed by atoms with Crippen molar-refractivity contribution in [3.8, 4) is 11.5 Å². The number of nitrogens with two attached hydrogens (primary N) is 1. The summed E-state index contributed by atoms with van der Waals surface area (Å²) in [7, 11) is 3.16. The van der Waals surface area contributed by atoms with Crippen LogP contribution >= 0.6 is 24.0 Å². The normalized spacial score (nSPS) is 10.8. The topological polar surface area (TPSA) is 108 Å². The van der Waals surface area contributed by atoms with Crippen LogP contribution in [0.15, 0.2) is 27.7 Å². The van der Waals surface area contributed by atoms with Crippen LogP contribution in [0.5, 0.6) is 11.5 Å². The molecule has 0 spiro atoms. The van der Waals surface area contributed by atoms with E-state index >= 15 is 0 Å². The standard InChI is InChI=1S/C14H19N5O3.HI/c1-9-17-13(22-19-9)6-7-16-14(15)18-10-4-5-11(20-2)12(8-10)21-3;/h4-5,8H,6-7H2,1-3H3,(H3,15,16,18);1H. The van der Waals surface area contributed by atoms with E-state index in [1.165, 1.54) is 0 Å². The lowest BCUT2D eigenvalue weighted by Gasteiger charge is -2.10. The molecule has 1 aromatic carbocycles. The van der Waals surface area contributed by atoms with Gasteiger partial charge in [0.15, 0.2) is 23.3 Å². The van der Waals surface area contributed by atoms with E-state index in [9.17, 15) is 0 Å². The second-order valence-corrected chi connectivity index (χ2v) is 4.45. The summed E-state index contributed by atoms with van der Waals surface area (Å²) >= 11 is 0. The van der Waals surface area contributed by atoms with E-state index in [1.54, 1.807) is 33.3 Å². The second kappa shape index (κ2) is 9.18. The van der Waals surface area contributed by atoms with Gasteiger partial charge in [0.2, 0.25) is 5.89 Å². The highest BCUT2D eigenvalue weighted by Gasteiger charge is 2.05. The van der Waals surface area contributed by atoms with Crippen LogP contribution in [0.4, 0.5) is 5.69 Å². The average Bonchev–Trinajstić information content (AvgIpc) is 2.92. The van der Waals surface area contributed by atoms with E-state index in [-0.39, 0.29) is 24.0 Å². The van der Waals surface area contributed by atoms with E-state index in [4.69, 9.17) is 19.7 Å². The lowest BCUT2D eigenvalue weighted by molar-refractivity contribution is 0.355. The highest BCUT2D eigenvalue weighted by atomic mass is 127. The fourth-order valence-electron chi connectivity index (χ4n) is 1.81. The summed E-state index contributed by atoms with van der Waals surface area (Å²) in [6.07, 6.45) is 0.537. The van der Waals surface area contributed by atoms with Crippen LogP contribution in [0.3, 0.4) is 0 Å². The number of aromatic nitrogens is 2. The number of halogens is 1. The average molecular weight is 433 g/mol. The van der Waals surface area contributed by atoms with Crippen LogP contribution in [-0.4, -0.2) is 36.9 Å². The Morgan fingerprint density at radius 1 is 1.30 bits per heavy atom. The Hall–Kier alpha value is -2.04. The number of nitrogens with zero attached hydrogens (tertiary/aromatic N) is 3. The first-order chi connectivity index (χ1) is 10.6. The summed E-state index contributed by atoms with van der Waals surface area (Å²) in [5, 5.41) is 6.70. The number of benzene rings is 1. The van der Waals surface area contributed by atoms with E-state index < -0.39 is 0 Å². The molecule has 0 saturated carbocycles. The molecule has 1 aromatic heterocycles. The third kappa shape index (κ3) is 5.58. The number of aliphatic imine (C=N–C) groups is 1. The summed E-state index contributed by atoms with van der Waals surface area (Å²) in [5.41, 5.74) is 6.59. The number of nitrogens with one attached hydrogen (secondary N) is 1. The Bertz CT molecular complexity index is 660. The van der Waals surface area contributed by atoms with Crippen molar-refractivity contribution in [2.45, 2.75) is 13.3 Å². The Morgan fingerprint density at radius 2 is 2.04 bits per heavy atom. The molecule has 126 valence electrons. The van der Waals surface area contributed by atoms with E-state index in [0.717, 1.165) is 5.69 Å². The molecule has 0 fully saturated rings. The zero-order valence-corrected chi connectivity index (χ0v) is 15.5. The highest BCUT2D eigenvalue weighted by Crippen LogP contribution is 2.29. The van der Waals surface area contributed by atoms with Gasteiger partial charge in [-0.05, 0) is 19.1 Å². The zero-order valence-electron chi connectivity index (χ0n) is 13.2. The minimum Gasteiger partial charge on any atom is -0.493 e. The van der Waals surface area contributed by atoms with E-state index in [1.807, 2.05) is 6.07 Å². The molecule has 2 rings (SSSR count). The maximum atomic E-state index is 5.84. The number of hydrogen-bond acceptors (Lipinski definition) is 6. The monoisotopic (exact) mass is 433 g/mol. The molecule has 0 radical (unpaired) electrons. The second-order valence-electron chi connectivity index (χ2n) is 4.45. The lowest BCUT2D eigenvalue weighted by Crippen LogP contribution is -2.23. The molecule has 0 saturated heterocycles. The number of hydrogen-bond donors (Lipinski definition) is 2. The molecule has 2 aromatic rings. The fraction of sp³-hybridized carbons (Fsp3) is 0.357. The summed E-state index contributed by atoms with van der Waals surface area (Å²) in [6.45, 7) is 2.22. The van der Waals surface area contributed by atoms with Gasteiger partial charge in [-0.15, -0.1) is 24.0 Å². The predicted octanol–water partition coefficient (Wildman–Crippen LogP) is 1.98. The predicted molar refractivity (Wildman–Crippen MR) is 97.8 cm³/mol. The van der Waals surface area contributed by atoms with Crippen LogP contribution in [0.2, 0.25) is 0 Å². The van der Waals surface area contributed by atoms with Gasteiger partial charge in [0.05, 0.1) is 20.8 Å². The summed E-state index contributed by atoms with van der Waals surface area (Å²) in [6, 6.07) is 5.39. The molecule has 1 heterocycles. The maximum Gasteiger partial charge on any atom is 0.228 e. The van der Waals surface area contributed by atoms with Gasteiger partial charge in [0.25, 0.3) is 0 Å². The van der Waals surface area contributed by atoms with Crippen molar-refractivity contribution in [1.82, 2.24) is 10.1 Å². The molecular formula is C14H20IN5O3. The SMILES string of the molecule is COc1ccc(NC(N)=NCCc2nc(C)no2)cc1OC.I. The van der Waals surface area contributed by atoms with Crippen molar-refractivity contribution in [2.24, 2.45) is 10.7 Å². The Labute approximate surface area is 151 Å². The quantitative estimate of drug-likeness (QED) is 0.408. The molecule has 0 aliphatic carbocycles. The minimum absolute atomic E-state index is 0. The van der Waals surface area contributed by atoms with Crippen molar-refractivity contribution in [2.75, 3.05) is 26.1 Å². The fourth-order valence-corrected chi connectivity index (χ4v) is 1.81. The van der Waals surface area contributed by atoms with Crippen molar-refractivity contribution >= 4 is 35.6 Å². The van der Waals surface area contributed by atoms with Crippen molar-refractivity contribution < 1.29 is 14.0 Å². The maximum absolute atomic E-state index is 5.84. The molecule has 0 atom stereocenters. The third-order valence-electron chi connectivity index (χ3n) is 2.83. The number of methoxy groups -OCH3 is 2. The number of ether oxygens (including phenoxy) is 2. The van der Waals surface area contributed by atoms with Gasteiger partial charge in [0, 0.05) is 18.2 Å². The van der Waals surface area contributed by atoms with Gasteiger partial charge in [-0.25, -0.2) is 0 Å². The first-order valence-corrected chi connectivity index (χ1v) is 6.70. The minimum atomic E-state index is 0. The van der Waals surface area contributed by atoms with Gasteiger partial charge in [0.1, 0.15) is 0 Å². The smallest absolute Gasteiger partial charge is 0.228 e. The van der Waals surface area contributed by atoms with E-state index in [2.05, 4.69) is 20.4 Å². The lowest BCUT2D eigenvalue weighted by atomic mass is 10.3. The van der Waals surface area contributed by atoms with Crippen LogP contribution in [0.1, 0.15) is 11.7 Å². The van der Waals surface area contributed by atoms with Crippen molar-refractivity contribution in [3.05, 3.63) is 29.9 Å². The van der Waals surface area contributed by atoms with Crippen LogP contribution in [0, 0.1) is 6.92 Å². The molecule has 9 heteroatoms. The molecule has 3 N–H and O–H groups in total. The Morgan fingerprint density at radius 3 is 2.65 bits per heavy atom. The number of guanidine groups is 1. The number of rotatable bonds is 6. The zero-order chi connectivity index (χ0) is 15.9. The Balaban J connectivity index is 0.00000264. The number of aryl methyl sites for hydroxylation is 1. The molecular weight excluding hydrogens is 413 g/mol. The summed E-state index contributed by atoms with van der Waals surface area (Å²) in [5.74, 6) is 2.70. The first-order valence-electron chi connectivity index (χ1n) is 6.70. The van der Waals surface area contributed by atoms with Gasteiger partial charge in [-0.1, -0.05) is 5.16 Å². The van der Waals surface area contributed by atoms with Crippen molar-refractivity contribution in [1.29, 1.82) is 0 Å². The van der Waals surface area contributed by atoms with Gasteiger partial charge < -0.3 is 25.0 Å².